The molecule has 1 aromatic carbocycles. The maximum atomic E-state index is 12.5. The molecule has 0 aromatic heterocycles. The monoisotopic (exact) mass is 164 g/mol. The second kappa shape index (κ2) is 2.89. The predicted octanol–water partition coefficient (Wildman–Crippen LogP) is 3.34. The molecule has 0 N–H and O–H groups in total. The van der Waals surface area contributed by atoms with Crippen molar-refractivity contribution in [3.63, 3.8) is 0 Å². The van der Waals surface area contributed by atoms with Gasteiger partial charge >= 0.3 is 0 Å². The highest BCUT2D eigenvalue weighted by molar-refractivity contribution is 5.25. The third-order valence-corrected chi connectivity index (χ3v) is 2.75. The fourth-order valence-corrected chi connectivity index (χ4v) is 1.82. The van der Waals surface area contributed by atoms with Crippen LogP contribution in [0.2, 0.25) is 0 Å². The summed E-state index contributed by atoms with van der Waals surface area (Å²) in [6, 6.07) is 6.94. The fraction of sp³-hybridized carbons (Fsp3) is 0.455. The summed E-state index contributed by atoms with van der Waals surface area (Å²) in [5.41, 5.74) is 1.31. The molecule has 0 radical (unpaired) electrons. The lowest BCUT2D eigenvalue weighted by atomic mass is 10.1. The largest absolute Gasteiger partial charge is 0.207 e. The van der Waals surface area contributed by atoms with Crippen LogP contribution in [0.25, 0.3) is 0 Å². The van der Waals surface area contributed by atoms with E-state index in [1.54, 1.807) is 12.1 Å². The number of hydrogen-bond donors (Lipinski definition) is 0. The number of hydrogen-bond acceptors (Lipinski definition) is 0. The fourth-order valence-electron chi connectivity index (χ4n) is 1.82. The van der Waals surface area contributed by atoms with Crippen LogP contribution in [-0.2, 0) is 0 Å². The molecule has 0 amide bonds. The first-order chi connectivity index (χ1) is 5.81. The molecule has 1 fully saturated rings. The van der Waals surface area contributed by atoms with E-state index >= 15 is 0 Å². The van der Waals surface area contributed by atoms with Crippen molar-refractivity contribution in [1.29, 1.82) is 0 Å². The first-order valence-corrected chi connectivity index (χ1v) is 4.56. The smallest absolute Gasteiger partial charge is 0.123 e. The molecule has 1 aliphatic carbocycles. The Morgan fingerprint density at radius 1 is 1.33 bits per heavy atom. The summed E-state index contributed by atoms with van der Waals surface area (Å²) < 4.78 is 12.5. The van der Waals surface area contributed by atoms with Crippen LogP contribution < -0.4 is 0 Å². The molecule has 0 nitrogen and oxygen atoms in total. The van der Waals surface area contributed by atoms with Crippen molar-refractivity contribution in [2.75, 3.05) is 0 Å². The van der Waals surface area contributed by atoms with Gasteiger partial charge in [-0.2, -0.15) is 0 Å². The Morgan fingerprint density at radius 2 is 2.00 bits per heavy atom. The van der Waals surface area contributed by atoms with Gasteiger partial charge in [0, 0.05) is 0 Å². The SMILES string of the molecule is CC[C@@H]1C[C@H]1c1ccc(F)cc1. The Bertz CT molecular complexity index is 263. The average Bonchev–Trinajstić information content (AvgIpc) is 2.85. The van der Waals surface area contributed by atoms with Gasteiger partial charge in [-0.25, -0.2) is 4.39 Å². The van der Waals surface area contributed by atoms with E-state index in [1.165, 1.54) is 18.4 Å². The van der Waals surface area contributed by atoms with E-state index in [1.807, 2.05) is 12.1 Å². The van der Waals surface area contributed by atoms with Gasteiger partial charge in [-0.1, -0.05) is 25.5 Å². The zero-order valence-electron chi connectivity index (χ0n) is 7.26. The van der Waals surface area contributed by atoms with Crippen molar-refractivity contribution in [2.45, 2.75) is 25.7 Å². The van der Waals surface area contributed by atoms with Gasteiger partial charge in [0.25, 0.3) is 0 Å². The third-order valence-electron chi connectivity index (χ3n) is 2.75. The van der Waals surface area contributed by atoms with Crippen LogP contribution >= 0.6 is 0 Å². The number of benzene rings is 1. The molecule has 0 spiro atoms. The topological polar surface area (TPSA) is 0 Å². The Balaban J connectivity index is 2.10. The molecular formula is C11H13F. The molecule has 1 heteroatoms. The molecular weight excluding hydrogens is 151 g/mol. The molecule has 0 aliphatic heterocycles. The van der Waals surface area contributed by atoms with E-state index in [0.29, 0.717) is 0 Å². The summed E-state index contributed by atoms with van der Waals surface area (Å²) in [5, 5.41) is 0. The van der Waals surface area contributed by atoms with Gasteiger partial charge in [-0.15, -0.1) is 0 Å². The van der Waals surface area contributed by atoms with Gasteiger partial charge < -0.3 is 0 Å². The Kier molecular flexibility index (Phi) is 1.87. The van der Waals surface area contributed by atoms with Crippen LogP contribution in [0.3, 0.4) is 0 Å². The summed E-state index contributed by atoms with van der Waals surface area (Å²) in [4.78, 5) is 0. The van der Waals surface area contributed by atoms with Crippen LogP contribution in [0.15, 0.2) is 24.3 Å². The molecule has 2 rings (SSSR count). The quantitative estimate of drug-likeness (QED) is 0.629. The minimum Gasteiger partial charge on any atom is -0.207 e. The highest BCUT2D eigenvalue weighted by atomic mass is 19.1. The van der Waals surface area contributed by atoms with Gasteiger partial charge in [0.05, 0.1) is 0 Å². The minimum absolute atomic E-state index is 0.132. The van der Waals surface area contributed by atoms with Gasteiger partial charge in [0.15, 0.2) is 0 Å². The molecule has 64 valence electrons. The molecule has 1 saturated carbocycles. The van der Waals surface area contributed by atoms with Gasteiger partial charge in [0.2, 0.25) is 0 Å². The third kappa shape index (κ3) is 1.36. The first-order valence-electron chi connectivity index (χ1n) is 4.56. The predicted molar refractivity (Wildman–Crippen MR) is 47.5 cm³/mol. The lowest BCUT2D eigenvalue weighted by molar-refractivity contribution is 0.626. The van der Waals surface area contributed by atoms with Gasteiger partial charge in [-0.3, -0.25) is 0 Å². The number of halogens is 1. The maximum absolute atomic E-state index is 12.5. The highest BCUT2D eigenvalue weighted by Crippen LogP contribution is 2.49. The zero-order valence-corrected chi connectivity index (χ0v) is 7.26. The molecule has 0 heterocycles. The van der Waals surface area contributed by atoms with Crippen LogP contribution in [0, 0.1) is 11.7 Å². The second-order valence-corrected chi connectivity index (χ2v) is 3.56. The second-order valence-electron chi connectivity index (χ2n) is 3.56. The molecule has 1 aliphatic rings. The lowest BCUT2D eigenvalue weighted by Crippen LogP contribution is -1.82. The van der Waals surface area contributed by atoms with Crippen molar-refractivity contribution >= 4 is 0 Å². The summed E-state index contributed by atoms with van der Waals surface area (Å²) in [6.45, 7) is 2.22. The Hall–Kier alpha value is -0.850. The molecule has 0 unspecified atom stereocenters. The highest BCUT2D eigenvalue weighted by Gasteiger charge is 2.36. The van der Waals surface area contributed by atoms with E-state index in [4.69, 9.17) is 0 Å². The number of rotatable bonds is 2. The molecule has 12 heavy (non-hydrogen) atoms. The first kappa shape index (κ1) is 7.78. The summed E-state index contributed by atoms with van der Waals surface area (Å²) >= 11 is 0. The van der Waals surface area contributed by atoms with Crippen molar-refractivity contribution < 1.29 is 4.39 Å². The van der Waals surface area contributed by atoms with E-state index in [0.717, 1.165) is 11.8 Å². The van der Waals surface area contributed by atoms with E-state index in [9.17, 15) is 4.39 Å². The van der Waals surface area contributed by atoms with Gasteiger partial charge in [-0.05, 0) is 36.0 Å². The summed E-state index contributed by atoms with van der Waals surface area (Å²) in [5.74, 6) is 1.44. The molecule has 0 saturated heterocycles. The zero-order chi connectivity index (χ0) is 8.55. The summed E-state index contributed by atoms with van der Waals surface area (Å²) in [7, 11) is 0. The van der Waals surface area contributed by atoms with Crippen molar-refractivity contribution in [1.82, 2.24) is 0 Å². The van der Waals surface area contributed by atoms with Crippen LogP contribution in [-0.4, -0.2) is 0 Å². The van der Waals surface area contributed by atoms with E-state index in [2.05, 4.69) is 6.92 Å². The van der Waals surface area contributed by atoms with Crippen LogP contribution in [0.4, 0.5) is 4.39 Å². The van der Waals surface area contributed by atoms with E-state index in [-0.39, 0.29) is 5.82 Å². The Labute approximate surface area is 72.4 Å². The van der Waals surface area contributed by atoms with Crippen molar-refractivity contribution in [3.05, 3.63) is 35.6 Å². The standard InChI is InChI=1S/C11H13F/c1-2-8-7-11(8)9-3-5-10(12)6-4-9/h3-6,8,11H,2,7H2,1H3/t8-,11-/m1/s1. The van der Waals surface area contributed by atoms with Crippen LogP contribution in [0.5, 0.6) is 0 Å². The summed E-state index contributed by atoms with van der Waals surface area (Å²) in [6.07, 6.45) is 2.55. The van der Waals surface area contributed by atoms with E-state index < -0.39 is 0 Å². The van der Waals surface area contributed by atoms with Crippen molar-refractivity contribution in [2.24, 2.45) is 5.92 Å². The lowest BCUT2D eigenvalue weighted by Gasteiger charge is -1.97. The van der Waals surface area contributed by atoms with Gasteiger partial charge in [0.1, 0.15) is 5.82 Å². The maximum Gasteiger partial charge on any atom is 0.123 e. The Morgan fingerprint density at radius 3 is 2.50 bits per heavy atom. The van der Waals surface area contributed by atoms with Crippen LogP contribution in [0.1, 0.15) is 31.2 Å². The molecule has 0 bridgehead atoms. The van der Waals surface area contributed by atoms with Crippen molar-refractivity contribution in [3.8, 4) is 0 Å². The minimum atomic E-state index is -0.132. The molecule has 1 aromatic rings. The normalized spacial score (nSPS) is 27.2. The average molecular weight is 164 g/mol. The molecule has 2 atom stereocenters.